The fourth-order valence-corrected chi connectivity index (χ4v) is 3.61. The Hall–Kier alpha value is -2.67. The van der Waals surface area contributed by atoms with Crippen molar-refractivity contribution in [3.63, 3.8) is 0 Å². The zero-order valence-electron chi connectivity index (χ0n) is 13.2. The van der Waals surface area contributed by atoms with E-state index in [1.54, 1.807) is 28.4 Å². The smallest absolute Gasteiger partial charge is 0.276 e. The van der Waals surface area contributed by atoms with Gasteiger partial charge in [0.05, 0.1) is 6.04 Å². The fraction of sp³-hybridized carbons (Fsp3) is 0.222. The van der Waals surface area contributed by atoms with Crippen molar-refractivity contribution in [2.75, 3.05) is 6.54 Å². The first-order valence-corrected chi connectivity index (χ1v) is 8.76. The van der Waals surface area contributed by atoms with Crippen molar-refractivity contribution in [3.8, 4) is 5.75 Å². The van der Waals surface area contributed by atoms with Crippen LogP contribution in [0.5, 0.6) is 5.75 Å². The van der Waals surface area contributed by atoms with E-state index in [0.717, 1.165) is 6.42 Å². The van der Waals surface area contributed by atoms with Crippen molar-refractivity contribution < 1.29 is 18.3 Å². The van der Waals surface area contributed by atoms with Crippen LogP contribution < -0.4 is 4.74 Å². The number of thiophene rings is 1. The Morgan fingerprint density at radius 2 is 2.32 bits per heavy atom. The summed E-state index contributed by atoms with van der Waals surface area (Å²) in [7, 11) is 0. The Kier molecular flexibility index (Phi) is 4.23. The van der Waals surface area contributed by atoms with E-state index in [-0.39, 0.29) is 36.0 Å². The minimum atomic E-state index is -0.377. The highest BCUT2D eigenvalue weighted by Gasteiger charge is 2.35. The lowest BCUT2D eigenvalue weighted by Gasteiger charge is -2.39. The molecule has 1 fully saturated rings. The molecule has 0 bridgehead atoms. The van der Waals surface area contributed by atoms with E-state index < -0.39 is 0 Å². The topological polar surface area (TPSA) is 55.6 Å². The largest absolute Gasteiger partial charge is 0.484 e. The van der Waals surface area contributed by atoms with Crippen molar-refractivity contribution in [1.82, 2.24) is 9.88 Å². The molecule has 1 aliphatic heterocycles. The first-order chi connectivity index (χ1) is 12.2. The van der Waals surface area contributed by atoms with E-state index in [4.69, 9.17) is 9.15 Å². The summed E-state index contributed by atoms with van der Waals surface area (Å²) in [5, 5.41) is 2.01. The molecule has 1 atom stereocenters. The van der Waals surface area contributed by atoms with Crippen LogP contribution in [0.1, 0.15) is 33.7 Å². The average Bonchev–Trinajstić information content (AvgIpc) is 3.24. The standard InChI is InChI=1S/C18H15FN2O3S/c19-12-3-1-4-13(9-12)23-11-17-20-14(10-24-17)18(22)21-7-6-15(21)16-5-2-8-25-16/h1-5,8-10,15H,6-7,11H2. The maximum Gasteiger partial charge on any atom is 0.276 e. The van der Waals surface area contributed by atoms with Crippen molar-refractivity contribution in [3.05, 3.63) is 70.3 Å². The molecule has 25 heavy (non-hydrogen) atoms. The van der Waals surface area contributed by atoms with E-state index in [9.17, 15) is 9.18 Å². The highest BCUT2D eigenvalue weighted by molar-refractivity contribution is 7.10. The lowest BCUT2D eigenvalue weighted by Crippen LogP contribution is -2.44. The number of oxazole rings is 1. The minimum absolute atomic E-state index is 0.0328. The van der Waals surface area contributed by atoms with Crippen molar-refractivity contribution in [2.45, 2.75) is 19.1 Å². The molecule has 1 saturated heterocycles. The first-order valence-electron chi connectivity index (χ1n) is 7.88. The summed E-state index contributed by atoms with van der Waals surface area (Å²) < 4.78 is 23.9. The highest BCUT2D eigenvalue weighted by atomic mass is 32.1. The Labute approximate surface area is 147 Å². The Morgan fingerprint density at radius 3 is 3.04 bits per heavy atom. The van der Waals surface area contributed by atoms with E-state index in [2.05, 4.69) is 4.98 Å². The van der Waals surface area contributed by atoms with Gasteiger partial charge in [-0.25, -0.2) is 9.37 Å². The van der Waals surface area contributed by atoms with Crippen LogP contribution in [0.3, 0.4) is 0 Å². The van der Waals surface area contributed by atoms with Crippen LogP contribution >= 0.6 is 11.3 Å². The summed E-state index contributed by atoms with van der Waals surface area (Å²) in [6, 6.07) is 9.96. The van der Waals surface area contributed by atoms with Gasteiger partial charge in [0.15, 0.2) is 12.3 Å². The number of nitrogens with zero attached hydrogens (tertiary/aromatic N) is 2. The molecule has 0 spiro atoms. The van der Waals surface area contributed by atoms with Crippen LogP contribution in [0.4, 0.5) is 4.39 Å². The van der Waals surface area contributed by atoms with Gasteiger partial charge in [0.2, 0.25) is 5.89 Å². The molecule has 3 aromatic rings. The maximum atomic E-state index is 13.1. The third-order valence-electron chi connectivity index (χ3n) is 4.08. The van der Waals surface area contributed by atoms with Gasteiger partial charge in [-0.3, -0.25) is 4.79 Å². The Balaban J connectivity index is 1.40. The van der Waals surface area contributed by atoms with Crippen molar-refractivity contribution in [2.24, 2.45) is 0 Å². The van der Waals surface area contributed by atoms with E-state index in [1.165, 1.54) is 23.3 Å². The molecular weight excluding hydrogens is 343 g/mol. The molecule has 0 aliphatic carbocycles. The summed E-state index contributed by atoms with van der Waals surface area (Å²) >= 11 is 1.65. The first kappa shape index (κ1) is 15.8. The third-order valence-corrected chi connectivity index (χ3v) is 5.05. The molecule has 1 unspecified atom stereocenters. The van der Waals surface area contributed by atoms with Gasteiger partial charge in [-0.15, -0.1) is 11.3 Å². The van der Waals surface area contributed by atoms with Gasteiger partial charge in [-0.2, -0.15) is 0 Å². The molecule has 0 N–H and O–H groups in total. The number of benzene rings is 1. The average molecular weight is 358 g/mol. The predicted octanol–water partition coefficient (Wildman–Crippen LogP) is 4.04. The monoisotopic (exact) mass is 358 g/mol. The van der Waals surface area contributed by atoms with Crippen molar-refractivity contribution >= 4 is 17.2 Å². The molecule has 128 valence electrons. The number of aromatic nitrogens is 1. The van der Waals surface area contributed by atoms with E-state index in [1.807, 2.05) is 17.5 Å². The molecule has 0 radical (unpaired) electrons. The zero-order valence-corrected chi connectivity index (χ0v) is 14.0. The van der Waals surface area contributed by atoms with Gasteiger partial charge >= 0.3 is 0 Å². The number of rotatable bonds is 5. The predicted molar refractivity (Wildman–Crippen MR) is 89.9 cm³/mol. The number of halogens is 1. The summed E-state index contributed by atoms with van der Waals surface area (Å²) in [6.07, 6.45) is 2.30. The molecule has 1 amide bonds. The number of carbonyl (C=O) groups excluding carboxylic acids is 1. The van der Waals surface area contributed by atoms with Crippen LogP contribution in [0.25, 0.3) is 0 Å². The number of hydrogen-bond donors (Lipinski definition) is 0. The van der Waals surface area contributed by atoms with Crippen molar-refractivity contribution in [1.29, 1.82) is 0 Å². The van der Waals surface area contributed by atoms with Crippen LogP contribution in [0, 0.1) is 5.82 Å². The molecule has 5 nitrogen and oxygen atoms in total. The van der Waals surface area contributed by atoms with Gasteiger partial charge in [0.25, 0.3) is 5.91 Å². The summed E-state index contributed by atoms with van der Waals surface area (Å²) in [5.74, 6) is 0.135. The SMILES string of the molecule is O=C(c1coc(COc2cccc(F)c2)n1)N1CCC1c1cccs1. The van der Waals surface area contributed by atoms with E-state index >= 15 is 0 Å². The molecule has 2 aromatic heterocycles. The van der Waals surface area contributed by atoms with Gasteiger partial charge in [0, 0.05) is 17.5 Å². The fourth-order valence-electron chi connectivity index (χ4n) is 2.73. The Morgan fingerprint density at radius 1 is 1.40 bits per heavy atom. The molecule has 0 saturated carbocycles. The molecule has 3 heterocycles. The van der Waals surface area contributed by atoms with Crippen LogP contribution in [0.15, 0.2) is 52.5 Å². The van der Waals surface area contributed by atoms with Gasteiger partial charge in [0.1, 0.15) is 17.8 Å². The number of hydrogen-bond acceptors (Lipinski definition) is 5. The second-order valence-electron chi connectivity index (χ2n) is 5.69. The molecule has 1 aromatic carbocycles. The van der Waals surface area contributed by atoms with Crippen LogP contribution in [-0.2, 0) is 6.61 Å². The van der Waals surface area contributed by atoms with E-state index in [0.29, 0.717) is 12.3 Å². The number of ether oxygens (including phenoxy) is 1. The summed E-state index contributed by atoms with van der Waals surface area (Å²) in [5.41, 5.74) is 0.263. The quantitative estimate of drug-likeness (QED) is 0.691. The second-order valence-corrected chi connectivity index (χ2v) is 6.67. The van der Waals surface area contributed by atoms with Gasteiger partial charge < -0.3 is 14.1 Å². The number of amides is 1. The minimum Gasteiger partial charge on any atom is -0.484 e. The number of carbonyl (C=O) groups is 1. The Bertz CT molecular complexity index is 878. The lowest BCUT2D eigenvalue weighted by molar-refractivity contribution is 0.0461. The summed E-state index contributed by atoms with van der Waals surface area (Å²) in [6.45, 7) is 0.745. The maximum absolute atomic E-state index is 13.1. The van der Waals surface area contributed by atoms with Crippen LogP contribution in [0.2, 0.25) is 0 Å². The summed E-state index contributed by atoms with van der Waals surface area (Å²) in [4.78, 5) is 19.7. The molecule has 4 rings (SSSR count). The van der Waals surface area contributed by atoms with Gasteiger partial charge in [-0.1, -0.05) is 12.1 Å². The molecular formula is C18H15FN2O3S. The zero-order chi connectivity index (χ0) is 17.2. The number of likely N-dealkylation sites (tertiary alicyclic amines) is 1. The highest BCUT2D eigenvalue weighted by Crippen LogP contribution is 2.36. The van der Waals surface area contributed by atoms with Gasteiger partial charge in [-0.05, 0) is 30.0 Å². The molecule has 1 aliphatic rings. The third kappa shape index (κ3) is 3.28. The normalized spacial score (nSPS) is 16.5. The van der Waals surface area contributed by atoms with Crippen LogP contribution in [-0.4, -0.2) is 22.3 Å². The second kappa shape index (κ2) is 6.68. The molecule has 7 heteroatoms. The lowest BCUT2D eigenvalue weighted by atomic mass is 10.0.